The van der Waals surface area contributed by atoms with Crippen LogP contribution in [0, 0.1) is 16.7 Å². The summed E-state index contributed by atoms with van der Waals surface area (Å²) in [7, 11) is 0. The Morgan fingerprint density at radius 1 is 1.12 bits per heavy atom. The normalized spacial score (nSPS) is 54.0. The quantitative estimate of drug-likeness (QED) is 0.590. The zero-order valence-corrected chi connectivity index (χ0v) is 10.2. The molecule has 0 aromatic heterocycles. The van der Waals surface area contributed by atoms with Crippen molar-refractivity contribution in [2.24, 2.45) is 16.7 Å². The highest BCUT2D eigenvalue weighted by Crippen LogP contribution is 2.66. The van der Waals surface area contributed by atoms with E-state index in [0.717, 1.165) is 5.92 Å². The van der Waals surface area contributed by atoms with Gasteiger partial charge in [-0.3, -0.25) is 4.79 Å². The number of hydrogen-bond acceptors (Lipinski definition) is 3. The van der Waals surface area contributed by atoms with E-state index in [1.165, 1.54) is 38.5 Å². The first-order chi connectivity index (χ1) is 7.47. The van der Waals surface area contributed by atoms with Gasteiger partial charge in [0.2, 0.25) is 0 Å². The maximum absolute atomic E-state index is 10.4. The summed E-state index contributed by atoms with van der Waals surface area (Å²) in [4.78, 5) is 15.3. The largest absolute Gasteiger partial charge is 0.373 e. The molecule has 0 radical (unpaired) electrons. The molecule has 4 rings (SSSR count). The van der Waals surface area contributed by atoms with Crippen LogP contribution in [0.2, 0.25) is 0 Å². The van der Waals surface area contributed by atoms with E-state index >= 15 is 0 Å². The summed E-state index contributed by atoms with van der Waals surface area (Å²) in [5, 5.41) is 0. The first-order valence-electron chi connectivity index (χ1n) is 6.33. The van der Waals surface area contributed by atoms with Crippen LogP contribution in [-0.2, 0) is 9.63 Å². The first kappa shape index (κ1) is 10.6. The van der Waals surface area contributed by atoms with E-state index < -0.39 is 0 Å². The molecule has 0 saturated heterocycles. The van der Waals surface area contributed by atoms with Crippen molar-refractivity contribution >= 4 is 6.47 Å². The predicted octanol–water partition coefficient (Wildman–Crippen LogP) is 2.41. The van der Waals surface area contributed by atoms with Crippen LogP contribution in [0.3, 0.4) is 0 Å². The Morgan fingerprint density at radius 2 is 1.75 bits per heavy atom. The summed E-state index contributed by atoms with van der Waals surface area (Å²) >= 11 is 0. The van der Waals surface area contributed by atoms with E-state index in [0.29, 0.717) is 17.3 Å². The standard InChI is InChI=1S/C13H21NO2/c1-11-3-10-4-12(2,6-11)8-13(5-10,7-11)14-16-9-15/h9-10,14H,3-8H2,1-2H3. The molecule has 16 heavy (non-hydrogen) atoms. The fourth-order valence-corrected chi connectivity index (χ4v) is 5.71. The lowest BCUT2D eigenvalue weighted by atomic mass is 9.43. The third-order valence-electron chi connectivity index (χ3n) is 4.95. The third-order valence-corrected chi connectivity index (χ3v) is 4.95. The molecule has 0 aliphatic heterocycles. The molecule has 90 valence electrons. The van der Waals surface area contributed by atoms with Crippen molar-refractivity contribution in [3.63, 3.8) is 0 Å². The maximum Gasteiger partial charge on any atom is 0.312 e. The van der Waals surface area contributed by atoms with Crippen molar-refractivity contribution in [2.75, 3.05) is 0 Å². The average Bonchev–Trinajstić information content (AvgIpc) is 2.08. The van der Waals surface area contributed by atoms with Gasteiger partial charge in [-0.2, -0.15) is 0 Å². The van der Waals surface area contributed by atoms with Crippen LogP contribution in [0.4, 0.5) is 0 Å². The number of hydroxylamine groups is 1. The zero-order valence-electron chi connectivity index (χ0n) is 10.2. The monoisotopic (exact) mass is 223 g/mol. The van der Waals surface area contributed by atoms with E-state index in [-0.39, 0.29) is 5.54 Å². The topological polar surface area (TPSA) is 38.3 Å². The molecular formula is C13H21NO2. The Kier molecular flexibility index (Phi) is 1.99. The van der Waals surface area contributed by atoms with Crippen LogP contribution in [-0.4, -0.2) is 12.0 Å². The predicted molar refractivity (Wildman–Crippen MR) is 60.4 cm³/mol. The fourth-order valence-electron chi connectivity index (χ4n) is 5.71. The van der Waals surface area contributed by atoms with Crippen molar-refractivity contribution in [1.29, 1.82) is 0 Å². The molecule has 0 amide bonds. The van der Waals surface area contributed by atoms with E-state index in [1.807, 2.05) is 0 Å². The van der Waals surface area contributed by atoms with Gasteiger partial charge in [-0.15, -0.1) is 5.48 Å². The summed E-state index contributed by atoms with van der Waals surface area (Å²) in [6, 6.07) is 0. The number of hydrogen-bond donors (Lipinski definition) is 1. The molecule has 0 spiro atoms. The lowest BCUT2D eigenvalue weighted by Crippen LogP contribution is -2.64. The van der Waals surface area contributed by atoms with E-state index in [4.69, 9.17) is 4.84 Å². The Hall–Kier alpha value is -0.570. The van der Waals surface area contributed by atoms with Gasteiger partial charge in [-0.25, -0.2) is 0 Å². The molecular weight excluding hydrogens is 202 g/mol. The van der Waals surface area contributed by atoms with Crippen molar-refractivity contribution < 1.29 is 9.63 Å². The highest BCUT2D eigenvalue weighted by molar-refractivity contribution is 5.36. The Balaban J connectivity index is 1.89. The molecule has 4 aliphatic rings. The van der Waals surface area contributed by atoms with Crippen molar-refractivity contribution in [3.05, 3.63) is 0 Å². The average molecular weight is 223 g/mol. The van der Waals surface area contributed by atoms with Crippen molar-refractivity contribution in [3.8, 4) is 0 Å². The van der Waals surface area contributed by atoms with Crippen LogP contribution in [0.25, 0.3) is 0 Å². The molecule has 4 fully saturated rings. The zero-order chi connectivity index (χ0) is 11.4. The molecule has 2 atom stereocenters. The lowest BCUT2D eigenvalue weighted by Gasteiger charge is -2.64. The third kappa shape index (κ3) is 1.48. The first-order valence-corrected chi connectivity index (χ1v) is 6.33. The second-order valence-electron chi connectivity index (χ2n) is 7.23. The highest BCUT2D eigenvalue weighted by atomic mass is 16.7. The second kappa shape index (κ2) is 3.00. The van der Waals surface area contributed by atoms with Gasteiger partial charge in [0.05, 0.1) is 5.54 Å². The molecule has 3 nitrogen and oxygen atoms in total. The second-order valence-corrected chi connectivity index (χ2v) is 7.23. The number of carbonyl (C=O) groups is 1. The van der Waals surface area contributed by atoms with Crippen molar-refractivity contribution in [1.82, 2.24) is 5.48 Å². The van der Waals surface area contributed by atoms with Crippen LogP contribution in [0.1, 0.15) is 52.4 Å². The molecule has 0 aromatic rings. The lowest BCUT2D eigenvalue weighted by molar-refractivity contribution is -0.172. The summed E-state index contributed by atoms with van der Waals surface area (Å²) in [5.74, 6) is 0.828. The van der Waals surface area contributed by atoms with Crippen LogP contribution >= 0.6 is 0 Å². The Morgan fingerprint density at radius 3 is 2.25 bits per heavy atom. The van der Waals surface area contributed by atoms with Gasteiger partial charge in [-0.1, -0.05) is 13.8 Å². The minimum Gasteiger partial charge on any atom is -0.373 e. The summed E-state index contributed by atoms with van der Waals surface area (Å²) in [6.07, 6.45) is 7.60. The minimum absolute atomic E-state index is 0.0732. The van der Waals surface area contributed by atoms with Crippen LogP contribution in [0.15, 0.2) is 0 Å². The number of carbonyl (C=O) groups excluding carboxylic acids is 1. The van der Waals surface area contributed by atoms with Gasteiger partial charge in [0, 0.05) is 0 Å². The van der Waals surface area contributed by atoms with E-state index in [9.17, 15) is 4.79 Å². The van der Waals surface area contributed by atoms with Gasteiger partial charge in [0.25, 0.3) is 0 Å². The molecule has 3 heteroatoms. The summed E-state index contributed by atoms with van der Waals surface area (Å²) < 4.78 is 0. The number of nitrogens with one attached hydrogen (secondary N) is 1. The molecule has 0 aromatic carbocycles. The van der Waals surface area contributed by atoms with Crippen LogP contribution in [0.5, 0.6) is 0 Å². The van der Waals surface area contributed by atoms with E-state index in [1.54, 1.807) is 0 Å². The smallest absolute Gasteiger partial charge is 0.312 e. The minimum atomic E-state index is 0.0732. The summed E-state index contributed by atoms with van der Waals surface area (Å²) in [5.41, 5.74) is 4.06. The molecule has 0 heterocycles. The molecule has 4 saturated carbocycles. The SMILES string of the molecule is CC12CC3CC(C)(C1)CC(NOC=O)(C3)C2. The maximum atomic E-state index is 10.4. The molecule has 2 unspecified atom stereocenters. The van der Waals surface area contributed by atoms with Gasteiger partial charge in [0.15, 0.2) is 0 Å². The fraction of sp³-hybridized carbons (Fsp3) is 0.923. The van der Waals surface area contributed by atoms with Gasteiger partial charge in [-0.05, 0) is 55.3 Å². The molecule has 4 bridgehead atoms. The van der Waals surface area contributed by atoms with Gasteiger partial charge < -0.3 is 4.84 Å². The Labute approximate surface area is 96.9 Å². The van der Waals surface area contributed by atoms with Crippen molar-refractivity contribution in [2.45, 2.75) is 57.9 Å². The highest BCUT2D eigenvalue weighted by Gasteiger charge is 2.60. The Bertz CT molecular complexity index is 310. The number of rotatable bonds is 3. The molecule has 4 aliphatic carbocycles. The summed E-state index contributed by atoms with van der Waals surface area (Å²) in [6.45, 7) is 5.34. The van der Waals surface area contributed by atoms with Gasteiger partial charge in [0.1, 0.15) is 0 Å². The van der Waals surface area contributed by atoms with E-state index in [2.05, 4.69) is 19.3 Å². The van der Waals surface area contributed by atoms with Crippen LogP contribution < -0.4 is 5.48 Å². The van der Waals surface area contributed by atoms with Gasteiger partial charge >= 0.3 is 6.47 Å². The molecule has 1 N–H and O–H groups in total.